The quantitative estimate of drug-likeness (QED) is 0.339. The highest BCUT2D eigenvalue weighted by molar-refractivity contribution is 6.00. The maximum absolute atomic E-state index is 13.2. The average Bonchev–Trinajstić information content (AvgIpc) is 3.02. The summed E-state index contributed by atoms with van der Waals surface area (Å²) in [6.07, 6.45) is 0.485. The number of pyridine rings is 1. The normalized spacial score (nSPS) is 14.8. The highest BCUT2D eigenvalue weighted by atomic mass is 19.4. The Hall–Kier alpha value is -3.48. The van der Waals surface area contributed by atoms with Gasteiger partial charge in [-0.05, 0) is 96.3 Å². The van der Waals surface area contributed by atoms with Crippen molar-refractivity contribution in [2.75, 3.05) is 5.73 Å². The Bertz CT molecular complexity index is 1310. The molecule has 0 saturated carbocycles. The molecule has 0 spiro atoms. The maximum atomic E-state index is 13.2. The van der Waals surface area contributed by atoms with Crippen molar-refractivity contribution >= 4 is 16.8 Å². The van der Waals surface area contributed by atoms with Gasteiger partial charge < -0.3 is 15.5 Å². The van der Waals surface area contributed by atoms with Crippen LogP contribution in [0.15, 0.2) is 59.4 Å². The van der Waals surface area contributed by atoms with Gasteiger partial charge in [0.25, 0.3) is 5.56 Å². The lowest BCUT2D eigenvalue weighted by Gasteiger charge is -2.19. The molecule has 3 N–H and O–H groups in total. The van der Waals surface area contributed by atoms with Gasteiger partial charge in [0.2, 0.25) is 0 Å². The number of benzene rings is 2. The lowest BCUT2D eigenvalue weighted by atomic mass is 9.88. The number of aryl methyl sites for hydroxylation is 1. The van der Waals surface area contributed by atoms with Gasteiger partial charge in [-0.15, -0.1) is 0 Å². The summed E-state index contributed by atoms with van der Waals surface area (Å²) in [5.74, 6) is 0.764. The van der Waals surface area contributed by atoms with Gasteiger partial charge in [-0.3, -0.25) is 4.79 Å². The molecule has 36 heavy (non-hydrogen) atoms. The van der Waals surface area contributed by atoms with Gasteiger partial charge in [-0.25, -0.2) is 0 Å². The molecule has 1 heterocycles. The Labute approximate surface area is 209 Å². The van der Waals surface area contributed by atoms with Gasteiger partial charge in [0, 0.05) is 11.3 Å². The van der Waals surface area contributed by atoms with E-state index in [1.54, 1.807) is 0 Å². The van der Waals surface area contributed by atoms with Crippen LogP contribution in [0.3, 0.4) is 0 Å². The van der Waals surface area contributed by atoms with Crippen molar-refractivity contribution in [1.82, 2.24) is 4.98 Å². The van der Waals surface area contributed by atoms with Gasteiger partial charge >= 0.3 is 6.18 Å². The van der Waals surface area contributed by atoms with E-state index in [0.29, 0.717) is 12.1 Å². The molecule has 0 unspecified atom stereocenters. The standard InChI is InChI=1S/C29H31F3N2O2/c1-3-6-21(4-2)36-22-12-9-18(10-13-22)27-23-14-11-20(33)17-19(23)7-5-8-24(27)25-15-16-26(29(30,31)32)34-28(25)35/h9-17,21H,3-8,33H2,1-2H3,(H,34,35)/t21-/m1/s1. The van der Waals surface area contributed by atoms with Crippen LogP contribution in [0, 0.1) is 0 Å². The molecule has 0 radical (unpaired) electrons. The molecule has 0 amide bonds. The van der Waals surface area contributed by atoms with Crippen molar-refractivity contribution in [2.45, 2.75) is 64.7 Å². The first kappa shape index (κ1) is 25.6. The first-order chi connectivity index (χ1) is 17.2. The van der Waals surface area contributed by atoms with E-state index in [2.05, 4.69) is 13.8 Å². The molecule has 0 bridgehead atoms. The number of rotatable bonds is 7. The van der Waals surface area contributed by atoms with Crippen molar-refractivity contribution in [3.8, 4) is 5.75 Å². The van der Waals surface area contributed by atoms with E-state index >= 15 is 0 Å². The number of fused-ring (bicyclic) bond motifs is 1. The summed E-state index contributed by atoms with van der Waals surface area (Å²) in [6, 6.07) is 15.6. The average molecular weight is 497 g/mol. The van der Waals surface area contributed by atoms with Crippen LogP contribution < -0.4 is 16.0 Å². The fraction of sp³-hybridized carbons (Fsp3) is 0.345. The smallest absolute Gasteiger partial charge is 0.431 e. The Morgan fingerprint density at radius 1 is 1.00 bits per heavy atom. The summed E-state index contributed by atoms with van der Waals surface area (Å²) in [6.45, 7) is 4.23. The van der Waals surface area contributed by atoms with Crippen LogP contribution in [-0.2, 0) is 12.6 Å². The van der Waals surface area contributed by atoms with Crippen molar-refractivity contribution in [3.05, 3.63) is 92.9 Å². The lowest BCUT2D eigenvalue weighted by Crippen LogP contribution is -2.19. The molecule has 2 aromatic carbocycles. The van der Waals surface area contributed by atoms with Gasteiger partial charge in [-0.2, -0.15) is 13.2 Å². The first-order valence-corrected chi connectivity index (χ1v) is 12.4. The van der Waals surface area contributed by atoms with Crippen LogP contribution >= 0.6 is 0 Å². The number of hydrogen-bond acceptors (Lipinski definition) is 3. The van der Waals surface area contributed by atoms with Crippen LogP contribution in [0.25, 0.3) is 11.1 Å². The summed E-state index contributed by atoms with van der Waals surface area (Å²) in [4.78, 5) is 14.9. The van der Waals surface area contributed by atoms with E-state index in [1.807, 2.05) is 47.4 Å². The zero-order valence-electron chi connectivity index (χ0n) is 20.5. The number of aromatic amines is 1. The Morgan fingerprint density at radius 2 is 1.72 bits per heavy atom. The van der Waals surface area contributed by atoms with Crippen molar-refractivity contribution in [1.29, 1.82) is 0 Å². The molecule has 4 nitrogen and oxygen atoms in total. The van der Waals surface area contributed by atoms with Crippen molar-refractivity contribution < 1.29 is 17.9 Å². The summed E-state index contributed by atoms with van der Waals surface area (Å²) >= 11 is 0. The number of allylic oxidation sites excluding steroid dienone is 1. The van der Waals surface area contributed by atoms with Crippen LogP contribution in [0.2, 0.25) is 0 Å². The summed E-state index contributed by atoms with van der Waals surface area (Å²) in [5.41, 5.74) is 9.55. The first-order valence-electron chi connectivity index (χ1n) is 12.4. The third kappa shape index (κ3) is 5.50. The monoisotopic (exact) mass is 496 g/mol. The molecular weight excluding hydrogens is 465 g/mol. The number of alkyl halides is 3. The number of aromatic nitrogens is 1. The molecule has 0 saturated heterocycles. The van der Waals surface area contributed by atoms with Crippen LogP contribution in [0.4, 0.5) is 18.9 Å². The summed E-state index contributed by atoms with van der Waals surface area (Å²) in [7, 11) is 0. The van der Waals surface area contributed by atoms with Crippen LogP contribution in [0.1, 0.15) is 73.9 Å². The molecule has 0 fully saturated rings. The maximum Gasteiger partial charge on any atom is 0.431 e. The number of halogens is 3. The minimum Gasteiger partial charge on any atom is -0.490 e. The number of H-pyrrole nitrogens is 1. The van der Waals surface area contributed by atoms with Gasteiger partial charge in [0.05, 0.1) is 6.10 Å². The van der Waals surface area contributed by atoms with E-state index in [-0.39, 0.29) is 11.7 Å². The Balaban J connectivity index is 1.85. The number of nitrogens with two attached hydrogens (primary N) is 1. The summed E-state index contributed by atoms with van der Waals surface area (Å²) < 4.78 is 45.7. The molecule has 190 valence electrons. The highest BCUT2D eigenvalue weighted by Gasteiger charge is 2.32. The molecule has 1 atom stereocenters. The predicted molar refractivity (Wildman–Crippen MR) is 138 cm³/mol. The van der Waals surface area contributed by atoms with Crippen LogP contribution in [-0.4, -0.2) is 11.1 Å². The minimum atomic E-state index is -4.62. The second-order valence-corrected chi connectivity index (χ2v) is 9.20. The molecule has 0 aliphatic heterocycles. The third-order valence-electron chi connectivity index (χ3n) is 6.63. The minimum absolute atomic E-state index is 0.142. The molecule has 4 rings (SSSR count). The number of anilines is 1. The topological polar surface area (TPSA) is 68.1 Å². The molecule has 1 aliphatic carbocycles. The molecule has 3 aromatic rings. The van der Waals surface area contributed by atoms with Gasteiger partial charge in [-0.1, -0.05) is 38.5 Å². The second-order valence-electron chi connectivity index (χ2n) is 9.20. The van der Waals surface area contributed by atoms with E-state index < -0.39 is 17.4 Å². The molecule has 1 aliphatic rings. The zero-order valence-corrected chi connectivity index (χ0v) is 20.5. The van der Waals surface area contributed by atoms with Gasteiger partial charge in [0.15, 0.2) is 0 Å². The van der Waals surface area contributed by atoms with Crippen LogP contribution in [0.5, 0.6) is 5.75 Å². The van der Waals surface area contributed by atoms with Gasteiger partial charge in [0.1, 0.15) is 11.4 Å². The van der Waals surface area contributed by atoms with E-state index in [1.165, 1.54) is 6.07 Å². The predicted octanol–water partition coefficient (Wildman–Crippen LogP) is 7.23. The summed E-state index contributed by atoms with van der Waals surface area (Å²) in [5, 5.41) is 0. The molecular formula is C29H31F3N2O2. The van der Waals surface area contributed by atoms with Crippen molar-refractivity contribution in [3.63, 3.8) is 0 Å². The molecule has 7 heteroatoms. The second kappa shape index (κ2) is 10.6. The Kier molecular flexibility index (Phi) is 7.57. The lowest BCUT2D eigenvalue weighted by molar-refractivity contribution is -0.141. The van der Waals surface area contributed by atoms with E-state index in [9.17, 15) is 18.0 Å². The third-order valence-corrected chi connectivity index (χ3v) is 6.63. The number of nitrogen functional groups attached to an aromatic ring is 1. The number of hydrogen-bond donors (Lipinski definition) is 2. The molecule has 1 aromatic heterocycles. The van der Waals surface area contributed by atoms with Crippen molar-refractivity contribution in [2.24, 2.45) is 0 Å². The Morgan fingerprint density at radius 3 is 2.36 bits per heavy atom. The fourth-order valence-electron chi connectivity index (χ4n) is 4.84. The SMILES string of the molecule is CCC[C@@H](CC)Oc1ccc(C2=C(c3ccc(C(F)(F)F)[nH]c3=O)CCCc3cc(N)ccc32)cc1. The van der Waals surface area contributed by atoms with E-state index in [4.69, 9.17) is 10.5 Å². The largest absolute Gasteiger partial charge is 0.490 e. The zero-order chi connectivity index (χ0) is 25.9. The van der Waals surface area contributed by atoms with E-state index in [0.717, 1.165) is 71.8 Å². The fourth-order valence-corrected chi connectivity index (χ4v) is 4.84. The number of ether oxygens (including phenoxy) is 1. The number of nitrogens with one attached hydrogen (secondary N) is 1. The highest BCUT2D eigenvalue weighted by Crippen LogP contribution is 2.40.